The van der Waals surface area contributed by atoms with Crippen LogP contribution >= 0.6 is 0 Å². The van der Waals surface area contributed by atoms with Crippen molar-refractivity contribution in [3.8, 4) is 16.9 Å². The number of fused-ring (bicyclic) bond motifs is 1. The Hall–Kier alpha value is -3.42. The maximum Gasteiger partial charge on any atom is 0.264 e. The van der Waals surface area contributed by atoms with E-state index < -0.39 is 10.1 Å². The van der Waals surface area contributed by atoms with Crippen LogP contribution in [-0.2, 0) is 14.3 Å². The first-order valence-electron chi connectivity index (χ1n) is 10.6. The molecule has 0 radical (unpaired) electrons. The van der Waals surface area contributed by atoms with Crippen LogP contribution in [0.15, 0.2) is 79.0 Å². The van der Waals surface area contributed by atoms with Crippen molar-refractivity contribution in [2.24, 2.45) is 0 Å². The third kappa shape index (κ3) is 5.69. The molecule has 0 saturated carbocycles. The van der Waals surface area contributed by atoms with Gasteiger partial charge in [0.2, 0.25) is 0 Å². The lowest BCUT2D eigenvalue weighted by atomic mass is 10.0. The second-order valence-electron chi connectivity index (χ2n) is 7.85. The Bertz CT molecular complexity index is 1370. The van der Waals surface area contributed by atoms with Crippen LogP contribution in [0.2, 0.25) is 0 Å². The number of ether oxygens (including phenoxy) is 1. The van der Waals surface area contributed by atoms with Crippen LogP contribution in [0.5, 0.6) is 5.75 Å². The van der Waals surface area contributed by atoms with Crippen molar-refractivity contribution in [2.45, 2.75) is 6.92 Å². The summed E-state index contributed by atoms with van der Waals surface area (Å²) in [7, 11) is -1.91. The van der Waals surface area contributed by atoms with E-state index in [4.69, 9.17) is 8.92 Å². The molecule has 0 aliphatic rings. The quantitative estimate of drug-likeness (QED) is 0.330. The highest BCUT2D eigenvalue weighted by Crippen LogP contribution is 2.32. The minimum atomic E-state index is -3.54. The molecular formula is C26H26N2O4S. The Morgan fingerprint density at radius 1 is 0.909 bits per heavy atom. The Balaban J connectivity index is 1.76. The molecule has 33 heavy (non-hydrogen) atoms. The molecule has 0 N–H and O–H groups in total. The van der Waals surface area contributed by atoms with Gasteiger partial charge in [-0.3, -0.25) is 9.17 Å². The molecule has 0 bridgehead atoms. The fourth-order valence-electron chi connectivity index (χ4n) is 3.76. The fraction of sp³-hybridized carbons (Fsp3) is 0.192. The normalized spacial score (nSPS) is 11.5. The third-order valence-electron chi connectivity index (χ3n) is 5.28. The van der Waals surface area contributed by atoms with E-state index in [1.54, 1.807) is 7.11 Å². The minimum Gasteiger partial charge on any atom is -0.497 e. The zero-order valence-corrected chi connectivity index (χ0v) is 19.7. The van der Waals surface area contributed by atoms with E-state index in [-0.39, 0.29) is 6.61 Å². The number of aromatic nitrogens is 1. The number of benzene rings is 3. The van der Waals surface area contributed by atoms with Gasteiger partial charge in [0.25, 0.3) is 10.1 Å². The lowest BCUT2D eigenvalue weighted by molar-refractivity contribution is 0.331. The predicted octanol–water partition coefficient (Wildman–Crippen LogP) is 5.33. The molecule has 6 nitrogen and oxygen atoms in total. The smallest absolute Gasteiger partial charge is 0.264 e. The highest BCUT2D eigenvalue weighted by atomic mass is 32.2. The van der Waals surface area contributed by atoms with E-state index in [0.29, 0.717) is 6.54 Å². The van der Waals surface area contributed by atoms with E-state index in [0.717, 1.165) is 51.0 Å². The van der Waals surface area contributed by atoms with Crippen LogP contribution in [0, 0.1) is 6.92 Å². The monoisotopic (exact) mass is 462 g/mol. The number of pyridine rings is 1. The number of aryl methyl sites for hydroxylation is 1. The molecule has 1 heterocycles. The predicted molar refractivity (Wildman–Crippen MR) is 133 cm³/mol. The van der Waals surface area contributed by atoms with Crippen molar-refractivity contribution in [1.82, 2.24) is 4.98 Å². The first-order chi connectivity index (χ1) is 15.8. The van der Waals surface area contributed by atoms with Crippen molar-refractivity contribution in [1.29, 1.82) is 0 Å². The van der Waals surface area contributed by atoms with Gasteiger partial charge >= 0.3 is 0 Å². The van der Waals surface area contributed by atoms with Gasteiger partial charge in [0.1, 0.15) is 5.75 Å². The first kappa shape index (κ1) is 22.8. The van der Waals surface area contributed by atoms with Crippen LogP contribution in [0.3, 0.4) is 0 Å². The molecule has 0 spiro atoms. The summed E-state index contributed by atoms with van der Waals surface area (Å²) in [6.45, 7) is 2.36. The van der Waals surface area contributed by atoms with Crippen molar-refractivity contribution in [2.75, 3.05) is 31.4 Å². The molecule has 0 aliphatic carbocycles. The van der Waals surface area contributed by atoms with Crippen LogP contribution in [0.4, 0.5) is 11.4 Å². The number of rotatable bonds is 8. The number of hydrogen-bond acceptors (Lipinski definition) is 6. The molecule has 0 aliphatic heterocycles. The van der Waals surface area contributed by atoms with Gasteiger partial charge < -0.3 is 9.64 Å². The number of methoxy groups -OCH3 is 1. The molecular weight excluding hydrogens is 436 g/mol. The van der Waals surface area contributed by atoms with E-state index in [2.05, 4.69) is 29.2 Å². The average Bonchev–Trinajstić information content (AvgIpc) is 2.80. The summed E-state index contributed by atoms with van der Waals surface area (Å²) in [5.74, 6) is 0.729. The van der Waals surface area contributed by atoms with Gasteiger partial charge in [-0.1, -0.05) is 30.3 Å². The molecule has 0 amide bonds. The van der Waals surface area contributed by atoms with Crippen molar-refractivity contribution >= 4 is 32.4 Å². The summed E-state index contributed by atoms with van der Waals surface area (Å²) < 4.78 is 33.5. The summed E-state index contributed by atoms with van der Waals surface area (Å²) in [5, 5.41) is 0.988. The molecule has 0 unspecified atom stereocenters. The number of anilines is 2. The molecule has 4 aromatic rings. The topological polar surface area (TPSA) is 68.7 Å². The Morgan fingerprint density at radius 3 is 2.42 bits per heavy atom. The van der Waals surface area contributed by atoms with Gasteiger partial charge in [-0.25, -0.2) is 0 Å². The van der Waals surface area contributed by atoms with Gasteiger partial charge in [-0.05, 0) is 54.4 Å². The molecule has 4 rings (SSSR count). The lowest BCUT2D eigenvalue weighted by Crippen LogP contribution is -2.23. The Morgan fingerprint density at radius 2 is 1.70 bits per heavy atom. The standard InChI is InChI=1S/C26H26N2O4S/c1-19-13-24(17-25(14-19)31-2)28(11-12-32-33(3,29)30)23-9-10-26-21(16-23)15-22(18-27-26)20-7-5-4-6-8-20/h4-10,13-18H,11-12H2,1-3H3. The molecule has 3 aromatic carbocycles. The van der Waals surface area contributed by atoms with Crippen molar-refractivity contribution in [3.63, 3.8) is 0 Å². The largest absolute Gasteiger partial charge is 0.497 e. The van der Waals surface area contributed by atoms with Gasteiger partial charge in [0, 0.05) is 41.1 Å². The lowest BCUT2D eigenvalue weighted by Gasteiger charge is -2.26. The second kappa shape index (κ2) is 9.60. The highest BCUT2D eigenvalue weighted by Gasteiger charge is 2.14. The van der Waals surface area contributed by atoms with Gasteiger partial charge in [-0.15, -0.1) is 0 Å². The molecule has 0 atom stereocenters. The minimum absolute atomic E-state index is 0.0232. The SMILES string of the molecule is COc1cc(C)cc(N(CCOS(C)(=O)=O)c2ccc3ncc(-c4ccccc4)cc3c2)c1. The van der Waals surface area contributed by atoms with Crippen LogP contribution in [-0.4, -0.2) is 39.9 Å². The van der Waals surface area contributed by atoms with Crippen LogP contribution in [0.25, 0.3) is 22.0 Å². The Labute approximate surface area is 194 Å². The van der Waals surface area contributed by atoms with E-state index >= 15 is 0 Å². The molecule has 7 heteroatoms. The van der Waals surface area contributed by atoms with E-state index in [1.165, 1.54) is 0 Å². The Kier molecular flexibility index (Phi) is 6.62. The fourth-order valence-corrected chi connectivity index (χ4v) is 4.14. The van der Waals surface area contributed by atoms with E-state index in [9.17, 15) is 8.42 Å². The van der Waals surface area contributed by atoms with Gasteiger partial charge in [-0.2, -0.15) is 8.42 Å². The average molecular weight is 463 g/mol. The molecule has 0 fully saturated rings. The summed E-state index contributed by atoms with van der Waals surface area (Å²) in [4.78, 5) is 6.65. The number of hydrogen-bond donors (Lipinski definition) is 0. The van der Waals surface area contributed by atoms with Crippen molar-refractivity contribution < 1.29 is 17.3 Å². The van der Waals surface area contributed by atoms with Crippen LogP contribution in [0.1, 0.15) is 5.56 Å². The molecule has 170 valence electrons. The molecule has 1 aromatic heterocycles. The third-order valence-corrected chi connectivity index (χ3v) is 5.87. The van der Waals surface area contributed by atoms with Crippen LogP contribution < -0.4 is 9.64 Å². The number of nitrogens with zero attached hydrogens (tertiary/aromatic N) is 2. The van der Waals surface area contributed by atoms with Crippen molar-refractivity contribution in [3.05, 3.63) is 84.6 Å². The maximum absolute atomic E-state index is 11.5. The summed E-state index contributed by atoms with van der Waals surface area (Å²) in [6, 6.07) is 24.1. The summed E-state index contributed by atoms with van der Waals surface area (Å²) >= 11 is 0. The first-order valence-corrected chi connectivity index (χ1v) is 12.4. The maximum atomic E-state index is 11.5. The second-order valence-corrected chi connectivity index (χ2v) is 9.50. The van der Waals surface area contributed by atoms with Gasteiger partial charge in [0.05, 0.1) is 25.5 Å². The zero-order chi connectivity index (χ0) is 23.4. The summed E-state index contributed by atoms with van der Waals surface area (Å²) in [5.41, 5.74) is 5.83. The van der Waals surface area contributed by atoms with E-state index in [1.807, 2.05) is 66.6 Å². The highest BCUT2D eigenvalue weighted by molar-refractivity contribution is 7.85. The van der Waals surface area contributed by atoms with Gasteiger partial charge in [0.15, 0.2) is 0 Å². The summed E-state index contributed by atoms with van der Waals surface area (Å²) in [6.07, 6.45) is 2.93. The molecule has 0 saturated heterocycles. The zero-order valence-electron chi connectivity index (χ0n) is 18.9.